The predicted octanol–water partition coefficient (Wildman–Crippen LogP) is 1.87. The molecule has 1 aromatic heterocycles. The van der Waals surface area contributed by atoms with Gasteiger partial charge in [-0.25, -0.2) is 0 Å². The molecule has 0 aliphatic carbocycles. The molecule has 4 atom stereocenters. The fourth-order valence-corrected chi connectivity index (χ4v) is 2.03. The summed E-state index contributed by atoms with van der Waals surface area (Å²) < 4.78 is 1.86. The highest BCUT2D eigenvalue weighted by Crippen LogP contribution is 2.15. The first-order chi connectivity index (χ1) is 10.2. The molecule has 0 fully saturated rings. The molecule has 2 N–H and O–H groups in total. The van der Waals surface area contributed by atoms with Crippen LogP contribution in [0.1, 0.15) is 47.6 Å². The summed E-state index contributed by atoms with van der Waals surface area (Å²) in [5.41, 5.74) is -0.857. The lowest BCUT2D eigenvalue weighted by Gasteiger charge is -2.30. The summed E-state index contributed by atoms with van der Waals surface area (Å²) >= 11 is 0. The van der Waals surface area contributed by atoms with Crippen LogP contribution in [0.3, 0.4) is 0 Å². The summed E-state index contributed by atoms with van der Waals surface area (Å²) in [7, 11) is 0. The smallest absolute Gasteiger partial charge is 0.238 e. The van der Waals surface area contributed by atoms with Crippen LogP contribution in [-0.2, 0) is 4.79 Å². The number of nitrogens with zero attached hydrogens (tertiary/aromatic N) is 3. The van der Waals surface area contributed by atoms with Gasteiger partial charge in [0, 0.05) is 18.4 Å². The fourth-order valence-electron chi connectivity index (χ4n) is 2.03. The largest absolute Gasteiger partial charge is 0.336 e. The van der Waals surface area contributed by atoms with Crippen molar-refractivity contribution in [1.29, 1.82) is 5.26 Å². The molecule has 0 aromatic carbocycles. The van der Waals surface area contributed by atoms with Gasteiger partial charge in [0.1, 0.15) is 5.54 Å². The Balaban J connectivity index is 2.63. The van der Waals surface area contributed by atoms with E-state index in [4.69, 9.17) is 0 Å². The highest BCUT2D eigenvalue weighted by Gasteiger charge is 2.32. The van der Waals surface area contributed by atoms with E-state index < -0.39 is 5.54 Å². The topological polar surface area (TPSA) is 82.7 Å². The maximum Gasteiger partial charge on any atom is 0.238 e. The summed E-state index contributed by atoms with van der Waals surface area (Å²) in [6, 6.07) is 3.86. The van der Waals surface area contributed by atoms with Crippen LogP contribution >= 0.6 is 0 Å². The predicted molar refractivity (Wildman–Crippen MR) is 86.0 cm³/mol. The summed E-state index contributed by atoms with van der Waals surface area (Å²) in [6.07, 6.45) is 3.64. The molecule has 0 spiro atoms. The maximum atomic E-state index is 12.3. The Hall–Kier alpha value is -1.87. The average Bonchev–Trinajstić information content (AvgIpc) is 2.99. The second-order valence-electron chi connectivity index (χ2n) is 6.36. The van der Waals surface area contributed by atoms with Gasteiger partial charge < -0.3 is 10.6 Å². The number of aromatic nitrogens is 2. The molecule has 0 saturated heterocycles. The molecule has 1 heterocycles. The maximum absolute atomic E-state index is 12.3. The van der Waals surface area contributed by atoms with E-state index in [2.05, 4.69) is 21.8 Å². The summed E-state index contributed by atoms with van der Waals surface area (Å²) in [6.45, 7) is 11.5. The standard InChI is InChI=1S/C16H27N5O/c1-11(2)16(6,10-17)20-15(22)13(4)19-12(3)14(5)21-9-7-8-18-21/h7-9,11-14,19H,1-6H3,(H,20,22)/t12-,13+,14+,16-/m1/s1. The van der Waals surface area contributed by atoms with Crippen molar-refractivity contribution < 1.29 is 4.79 Å². The van der Waals surface area contributed by atoms with Crippen LogP contribution < -0.4 is 10.6 Å². The molecular weight excluding hydrogens is 278 g/mol. The van der Waals surface area contributed by atoms with Crippen LogP contribution in [-0.4, -0.2) is 33.3 Å². The molecule has 0 saturated carbocycles. The monoisotopic (exact) mass is 305 g/mol. The number of nitriles is 1. The Bertz CT molecular complexity index is 519. The molecule has 22 heavy (non-hydrogen) atoms. The Kier molecular flexibility index (Phi) is 6.12. The van der Waals surface area contributed by atoms with Crippen LogP contribution in [0, 0.1) is 17.2 Å². The van der Waals surface area contributed by atoms with Crippen LogP contribution in [0.15, 0.2) is 18.5 Å². The zero-order valence-electron chi connectivity index (χ0n) is 14.3. The summed E-state index contributed by atoms with van der Waals surface area (Å²) in [5.74, 6) is -0.133. The zero-order valence-corrected chi connectivity index (χ0v) is 14.3. The minimum atomic E-state index is -0.857. The fraction of sp³-hybridized carbons (Fsp3) is 0.688. The van der Waals surface area contributed by atoms with Crippen molar-refractivity contribution in [3.63, 3.8) is 0 Å². The minimum absolute atomic E-state index is 0.0362. The normalized spacial score (nSPS) is 18.1. The van der Waals surface area contributed by atoms with Gasteiger partial charge in [0.05, 0.1) is 18.2 Å². The van der Waals surface area contributed by atoms with E-state index in [9.17, 15) is 10.1 Å². The average molecular weight is 305 g/mol. The lowest BCUT2D eigenvalue weighted by molar-refractivity contribution is -0.124. The molecule has 1 rings (SSSR count). The van der Waals surface area contributed by atoms with Crippen LogP contribution in [0.25, 0.3) is 0 Å². The zero-order chi connectivity index (χ0) is 16.9. The lowest BCUT2D eigenvalue weighted by atomic mass is 9.90. The SMILES string of the molecule is CC(C)[C@@](C)(C#N)NC(=O)[C@H](C)N[C@H](C)[C@H](C)n1cccn1. The summed E-state index contributed by atoms with van der Waals surface area (Å²) in [5, 5.41) is 19.6. The van der Waals surface area contributed by atoms with Gasteiger partial charge >= 0.3 is 0 Å². The number of hydrogen-bond acceptors (Lipinski definition) is 4. The van der Waals surface area contributed by atoms with Crippen molar-refractivity contribution in [2.45, 2.75) is 65.2 Å². The van der Waals surface area contributed by atoms with Gasteiger partial charge in [0.25, 0.3) is 0 Å². The Morgan fingerprint density at radius 2 is 1.95 bits per heavy atom. The van der Waals surface area contributed by atoms with E-state index in [-0.39, 0.29) is 30.0 Å². The first-order valence-corrected chi connectivity index (χ1v) is 7.69. The number of carbonyl (C=O) groups is 1. The third-order valence-corrected chi connectivity index (χ3v) is 4.34. The van der Waals surface area contributed by atoms with E-state index in [1.54, 1.807) is 20.0 Å². The first kappa shape index (κ1) is 18.2. The van der Waals surface area contributed by atoms with Crippen molar-refractivity contribution in [2.75, 3.05) is 0 Å². The van der Waals surface area contributed by atoms with Gasteiger partial charge in [-0.1, -0.05) is 13.8 Å². The van der Waals surface area contributed by atoms with Gasteiger partial charge in [-0.3, -0.25) is 9.48 Å². The molecule has 0 aliphatic rings. The van der Waals surface area contributed by atoms with E-state index in [1.165, 1.54) is 0 Å². The highest BCUT2D eigenvalue weighted by molar-refractivity contribution is 5.82. The van der Waals surface area contributed by atoms with E-state index in [1.807, 2.05) is 44.6 Å². The minimum Gasteiger partial charge on any atom is -0.336 e. The van der Waals surface area contributed by atoms with E-state index in [0.717, 1.165) is 0 Å². The van der Waals surface area contributed by atoms with Crippen molar-refractivity contribution >= 4 is 5.91 Å². The first-order valence-electron chi connectivity index (χ1n) is 7.69. The lowest BCUT2D eigenvalue weighted by Crippen LogP contribution is -2.56. The quantitative estimate of drug-likeness (QED) is 0.805. The van der Waals surface area contributed by atoms with Crippen molar-refractivity contribution in [3.05, 3.63) is 18.5 Å². The van der Waals surface area contributed by atoms with Gasteiger partial charge in [0.15, 0.2) is 0 Å². The van der Waals surface area contributed by atoms with Gasteiger partial charge in [0.2, 0.25) is 5.91 Å². The number of hydrogen-bond donors (Lipinski definition) is 2. The van der Waals surface area contributed by atoms with Crippen LogP contribution in [0.4, 0.5) is 0 Å². The Morgan fingerprint density at radius 3 is 2.41 bits per heavy atom. The van der Waals surface area contributed by atoms with Crippen molar-refractivity contribution in [1.82, 2.24) is 20.4 Å². The van der Waals surface area contributed by atoms with Gasteiger partial charge in [-0.15, -0.1) is 0 Å². The van der Waals surface area contributed by atoms with Crippen molar-refractivity contribution in [2.24, 2.45) is 5.92 Å². The summed E-state index contributed by atoms with van der Waals surface area (Å²) in [4.78, 5) is 12.3. The Labute approximate surface area is 132 Å². The Morgan fingerprint density at radius 1 is 1.32 bits per heavy atom. The second-order valence-corrected chi connectivity index (χ2v) is 6.36. The molecule has 6 heteroatoms. The number of rotatable bonds is 7. The highest BCUT2D eigenvalue weighted by atomic mass is 16.2. The molecule has 0 radical (unpaired) electrons. The number of carbonyl (C=O) groups excluding carboxylic acids is 1. The third-order valence-electron chi connectivity index (χ3n) is 4.34. The molecular formula is C16H27N5O. The molecule has 1 amide bonds. The van der Waals surface area contributed by atoms with E-state index >= 15 is 0 Å². The number of amides is 1. The molecule has 0 aliphatic heterocycles. The van der Waals surface area contributed by atoms with Gasteiger partial charge in [-0.2, -0.15) is 10.4 Å². The van der Waals surface area contributed by atoms with Crippen molar-refractivity contribution in [3.8, 4) is 6.07 Å². The van der Waals surface area contributed by atoms with Crippen LogP contribution in [0.5, 0.6) is 0 Å². The number of nitrogens with one attached hydrogen (secondary N) is 2. The third kappa shape index (κ3) is 4.31. The van der Waals surface area contributed by atoms with E-state index in [0.29, 0.717) is 0 Å². The van der Waals surface area contributed by atoms with Gasteiger partial charge in [-0.05, 0) is 39.7 Å². The molecule has 122 valence electrons. The molecule has 0 bridgehead atoms. The molecule has 0 unspecified atom stereocenters. The molecule has 6 nitrogen and oxygen atoms in total. The molecule has 1 aromatic rings. The van der Waals surface area contributed by atoms with Crippen LogP contribution in [0.2, 0.25) is 0 Å². The second kappa shape index (κ2) is 7.41.